The van der Waals surface area contributed by atoms with Crippen molar-refractivity contribution in [3.05, 3.63) is 20.8 Å². The lowest BCUT2D eigenvalue weighted by atomic mass is 10.0. The van der Waals surface area contributed by atoms with Crippen LogP contribution in [0.3, 0.4) is 0 Å². The molecule has 0 aromatic carbocycles. The van der Waals surface area contributed by atoms with Crippen molar-refractivity contribution in [3.8, 4) is 0 Å². The second kappa shape index (κ2) is 7.04. The number of halogens is 1. The van der Waals surface area contributed by atoms with Crippen LogP contribution in [0.25, 0.3) is 0 Å². The number of rotatable bonds is 4. The van der Waals surface area contributed by atoms with Gasteiger partial charge in [0.2, 0.25) is 0 Å². The van der Waals surface area contributed by atoms with Crippen LogP contribution in [0.1, 0.15) is 50.6 Å². The average molecular weight is 331 g/mol. The number of nitrogens with two attached hydrogens (primary N) is 1. The molecule has 1 aromatic heterocycles. The molecular weight excluding hydrogens is 308 g/mol. The lowest BCUT2D eigenvalue weighted by Crippen LogP contribution is -2.41. The van der Waals surface area contributed by atoms with Gasteiger partial charge in [0.15, 0.2) is 0 Å². The monoisotopic (exact) mass is 330 g/mol. The van der Waals surface area contributed by atoms with Gasteiger partial charge in [-0.05, 0) is 52.7 Å². The summed E-state index contributed by atoms with van der Waals surface area (Å²) in [7, 11) is 0. The van der Waals surface area contributed by atoms with E-state index in [4.69, 9.17) is 5.73 Å². The Morgan fingerprint density at radius 1 is 1.44 bits per heavy atom. The Morgan fingerprint density at radius 3 is 2.89 bits per heavy atom. The second-order valence-corrected chi connectivity index (χ2v) is 6.67. The standard InChI is InChI=1S/C14H23BrN2S/c1-2-11-6-4-3-5-7-17(11)14(8-16)12-9-18-10-13(12)15/h9-11,14H,2-8,16H2,1H3. The molecule has 2 rings (SSSR count). The molecule has 0 amide bonds. The number of hydrogen-bond donors (Lipinski definition) is 1. The zero-order valence-corrected chi connectivity index (χ0v) is 13.5. The van der Waals surface area contributed by atoms with E-state index in [1.165, 1.54) is 48.7 Å². The van der Waals surface area contributed by atoms with Crippen molar-refractivity contribution in [2.45, 2.75) is 51.1 Å². The molecule has 1 aliphatic heterocycles. The zero-order valence-electron chi connectivity index (χ0n) is 11.1. The number of hydrogen-bond acceptors (Lipinski definition) is 3. The molecule has 2 unspecified atom stereocenters. The first-order chi connectivity index (χ1) is 8.77. The molecule has 1 aliphatic rings. The first-order valence-electron chi connectivity index (χ1n) is 6.95. The average Bonchev–Trinajstić information content (AvgIpc) is 2.67. The molecular formula is C14H23BrN2S. The normalized spacial score (nSPS) is 23.8. The van der Waals surface area contributed by atoms with Crippen LogP contribution in [-0.4, -0.2) is 24.0 Å². The van der Waals surface area contributed by atoms with Gasteiger partial charge in [-0.25, -0.2) is 0 Å². The van der Waals surface area contributed by atoms with Crippen molar-refractivity contribution < 1.29 is 0 Å². The van der Waals surface area contributed by atoms with Crippen LogP contribution in [0.4, 0.5) is 0 Å². The summed E-state index contributed by atoms with van der Waals surface area (Å²) in [6.45, 7) is 4.22. The molecule has 2 nitrogen and oxygen atoms in total. The van der Waals surface area contributed by atoms with E-state index < -0.39 is 0 Å². The Morgan fingerprint density at radius 2 is 2.28 bits per heavy atom. The predicted octanol–water partition coefficient (Wildman–Crippen LogP) is 4.17. The molecule has 0 aliphatic carbocycles. The van der Waals surface area contributed by atoms with Gasteiger partial charge in [-0.3, -0.25) is 4.90 Å². The highest BCUT2D eigenvalue weighted by Crippen LogP contribution is 2.34. The van der Waals surface area contributed by atoms with E-state index in [1.807, 2.05) is 0 Å². The van der Waals surface area contributed by atoms with E-state index in [0.717, 1.165) is 0 Å². The molecule has 0 bridgehead atoms. The quantitative estimate of drug-likeness (QED) is 0.897. The van der Waals surface area contributed by atoms with Gasteiger partial charge in [-0.2, -0.15) is 11.3 Å². The molecule has 2 atom stereocenters. The molecule has 102 valence electrons. The molecule has 0 radical (unpaired) electrons. The minimum absolute atomic E-state index is 0.383. The van der Waals surface area contributed by atoms with Crippen molar-refractivity contribution >= 4 is 27.3 Å². The third-order valence-electron chi connectivity index (χ3n) is 4.02. The summed E-state index contributed by atoms with van der Waals surface area (Å²) in [6.07, 6.45) is 6.62. The fourth-order valence-electron chi connectivity index (χ4n) is 3.02. The third kappa shape index (κ3) is 3.16. The summed E-state index contributed by atoms with van der Waals surface area (Å²) in [5, 5.41) is 4.41. The topological polar surface area (TPSA) is 29.3 Å². The van der Waals surface area contributed by atoms with Gasteiger partial charge >= 0.3 is 0 Å². The zero-order chi connectivity index (χ0) is 13.0. The summed E-state index contributed by atoms with van der Waals surface area (Å²) < 4.78 is 1.22. The highest BCUT2D eigenvalue weighted by molar-refractivity contribution is 9.10. The fraction of sp³-hybridized carbons (Fsp3) is 0.714. The lowest BCUT2D eigenvalue weighted by Gasteiger charge is -2.36. The maximum atomic E-state index is 6.07. The smallest absolute Gasteiger partial charge is 0.0492 e. The maximum absolute atomic E-state index is 6.07. The van der Waals surface area contributed by atoms with E-state index >= 15 is 0 Å². The van der Waals surface area contributed by atoms with Crippen LogP contribution in [-0.2, 0) is 0 Å². The molecule has 1 saturated heterocycles. The maximum Gasteiger partial charge on any atom is 0.0492 e. The predicted molar refractivity (Wildman–Crippen MR) is 83.1 cm³/mol. The van der Waals surface area contributed by atoms with Gasteiger partial charge in [-0.1, -0.05) is 19.8 Å². The van der Waals surface area contributed by atoms with Crippen LogP contribution < -0.4 is 5.73 Å². The van der Waals surface area contributed by atoms with E-state index in [2.05, 4.69) is 38.5 Å². The summed E-state index contributed by atoms with van der Waals surface area (Å²) in [5.41, 5.74) is 7.45. The van der Waals surface area contributed by atoms with Crippen molar-refractivity contribution in [1.82, 2.24) is 4.90 Å². The van der Waals surface area contributed by atoms with E-state index in [9.17, 15) is 0 Å². The van der Waals surface area contributed by atoms with E-state index in [0.29, 0.717) is 18.6 Å². The fourth-order valence-corrected chi connectivity index (χ4v) is 4.63. The molecule has 2 heterocycles. The highest BCUT2D eigenvalue weighted by Gasteiger charge is 2.28. The van der Waals surface area contributed by atoms with E-state index in [1.54, 1.807) is 11.3 Å². The second-order valence-electron chi connectivity index (χ2n) is 5.08. The summed E-state index contributed by atoms with van der Waals surface area (Å²) in [5.74, 6) is 0. The summed E-state index contributed by atoms with van der Waals surface area (Å²) in [6, 6.07) is 1.08. The van der Waals surface area contributed by atoms with Gasteiger partial charge in [-0.15, -0.1) is 0 Å². The van der Waals surface area contributed by atoms with Crippen molar-refractivity contribution in [2.75, 3.05) is 13.1 Å². The van der Waals surface area contributed by atoms with Gasteiger partial charge in [0, 0.05) is 28.5 Å². The molecule has 0 saturated carbocycles. The Kier molecular flexibility index (Phi) is 5.67. The number of nitrogens with zero attached hydrogens (tertiary/aromatic N) is 1. The first-order valence-corrected chi connectivity index (χ1v) is 8.68. The third-order valence-corrected chi connectivity index (χ3v) is 5.77. The van der Waals surface area contributed by atoms with Crippen LogP contribution >= 0.6 is 27.3 Å². The van der Waals surface area contributed by atoms with Gasteiger partial charge in [0.05, 0.1) is 0 Å². The molecule has 1 aromatic rings. The Hall–Kier alpha value is 0.100. The molecule has 0 spiro atoms. The Labute approximate surface area is 123 Å². The van der Waals surface area contributed by atoms with Gasteiger partial charge < -0.3 is 5.73 Å². The van der Waals surface area contributed by atoms with Crippen molar-refractivity contribution in [1.29, 1.82) is 0 Å². The molecule has 18 heavy (non-hydrogen) atoms. The van der Waals surface area contributed by atoms with Crippen molar-refractivity contribution in [3.63, 3.8) is 0 Å². The number of thiophene rings is 1. The largest absolute Gasteiger partial charge is 0.329 e. The van der Waals surface area contributed by atoms with E-state index in [-0.39, 0.29) is 0 Å². The molecule has 4 heteroatoms. The highest BCUT2D eigenvalue weighted by atomic mass is 79.9. The number of likely N-dealkylation sites (tertiary alicyclic amines) is 1. The SMILES string of the molecule is CCC1CCCCCN1C(CN)c1cscc1Br. The van der Waals surface area contributed by atoms with Crippen molar-refractivity contribution in [2.24, 2.45) is 5.73 Å². The van der Waals surface area contributed by atoms with Crippen LogP contribution in [0, 0.1) is 0 Å². The van der Waals surface area contributed by atoms with Crippen LogP contribution in [0.2, 0.25) is 0 Å². The summed E-state index contributed by atoms with van der Waals surface area (Å²) >= 11 is 5.42. The minimum atomic E-state index is 0.383. The first kappa shape index (κ1) is 14.5. The molecule has 1 fully saturated rings. The Balaban J connectivity index is 2.21. The Bertz CT molecular complexity index is 366. The minimum Gasteiger partial charge on any atom is -0.329 e. The van der Waals surface area contributed by atoms with Crippen LogP contribution in [0.15, 0.2) is 15.2 Å². The summed E-state index contributed by atoms with van der Waals surface area (Å²) in [4.78, 5) is 2.65. The van der Waals surface area contributed by atoms with Gasteiger partial charge in [0.1, 0.15) is 0 Å². The van der Waals surface area contributed by atoms with Gasteiger partial charge in [0.25, 0.3) is 0 Å². The lowest BCUT2D eigenvalue weighted by molar-refractivity contribution is 0.136. The van der Waals surface area contributed by atoms with Crippen LogP contribution in [0.5, 0.6) is 0 Å². The molecule has 2 N–H and O–H groups in total.